The van der Waals surface area contributed by atoms with Crippen molar-refractivity contribution in [2.45, 2.75) is 57.2 Å². The molecule has 3 saturated heterocycles. The second-order valence-corrected chi connectivity index (χ2v) is 7.28. The molecule has 0 spiro atoms. The van der Waals surface area contributed by atoms with Crippen LogP contribution in [-0.4, -0.2) is 74.4 Å². The van der Waals surface area contributed by atoms with Crippen LogP contribution in [0, 0.1) is 5.92 Å². The second kappa shape index (κ2) is 7.40. The SMILES string of the molecule is CCCNC1CCOCC1CN1CCC2CCC(C1)N2C. The highest BCUT2D eigenvalue weighted by Gasteiger charge is 2.36. The molecule has 2 bridgehead atoms. The Morgan fingerprint density at radius 2 is 2.00 bits per heavy atom. The van der Waals surface area contributed by atoms with Gasteiger partial charge in [-0.2, -0.15) is 0 Å². The Balaban J connectivity index is 1.54. The largest absolute Gasteiger partial charge is 0.381 e. The van der Waals surface area contributed by atoms with Crippen LogP contribution in [0.15, 0.2) is 0 Å². The van der Waals surface area contributed by atoms with Crippen molar-refractivity contribution in [3.63, 3.8) is 0 Å². The lowest BCUT2D eigenvalue weighted by molar-refractivity contribution is 0.0155. The van der Waals surface area contributed by atoms with E-state index >= 15 is 0 Å². The number of likely N-dealkylation sites (N-methyl/N-ethyl adjacent to an activating group) is 1. The second-order valence-electron chi connectivity index (χ2n) is 7.28. The fourth-order valence-corrected chi connectivity index (χ4v) is 4.45. The molecule has 0 aromatic carbocycles. The van der Waals surface area contributed by atoms with Gasteiger partial charge in [-0.05, 0) is 52.2 Å². The molecule has 3 rings (SSSR count). The lowest BCUT2D eigenvalue weighted by Gasteiger charge is -2.36. The van der Waals surface area contributed by atoms with E-state index in [9.17, 15) is 0 Å². The summed E-state index contributed by atoms with van der Waals surface area (Å²) >= 11 is 0. The fourth-order valence-electron chi connectivity index (χ4n) is 4.45. The highest BCUT2D eigenvalue weighted by atomic mass is 16.5. The van der Waals surface area contributed by atoms with Crippen molar-refractivity contribution in [2.75, 3.05) is 46.4 Å². The Morgan fingerprint density at radius 1 is 1.14 bits per heavy atom. The summed E-state index contributed by atoms with van der Waals surface area (Å²) in [5.74, 6) is 0.673. The minimum absolute atomic E-state index is 0.664. The van der Waals surface area contributed by atoms with Crippen molar-refractivity contribution in [2.24, 2.45) is 5.92 Å². The van der Waals surface area contributed by atoms with Gasteiger partial charge in [-0.1, -0.05) is 6.92 Å². The van der Waals surface area contributed by atoms with Crippen molar-refractivity contribution in [3.8, 4) is 0 Å². The van der Waals surface area contributed by atoms with Crippen LogP contribution in [-0.2, 0) is 4.74 Å². The average Bonchev–Trinajstić information content (AvgIpc) is 2.74. The Morgan fingerprint density at radius 3 is 2.86 bits per heavy atom. The van der Waals surface area contributed by atoms with Gasteiger partial charge in [0.05, 0.1) is 6.61 Å². The topological polar surface area (TPSA) is 27.7 Å². The van der Waals surface area contributed by atoms with Gasteiger partial charge >= 0.3 is 0 Å². The van der Waals surface area contributed by atoms with Crippen molar-refractivity contribution >= 4 is 0 Å². The number of ether oxygens (including phenoxy) is 1. The number of hydrogen-bond donors (Lipinski definition) is 1. The van der Waals surface area contributed by atoms with Crippen molar-refractivity contribution in [1.82, 2.24) is 15.1 Å². The molecule has 0 aromatic heterocycles. The number of hydrogen-bond acceptors (Lipinski definition) is 4. The van der Waals surface area contributed by atoms with Crippen molar-refractivity contribution in [1.29, 1.82) is 0 Å². The molecule has 1 N–H and O–H groups in total. The van der Waals surface area contributed by atoms with E-state index in [-0.39, 0.29) is 0 Å². The highest BCUT2D eigenvalue weighted by Crippen LogP contribution is 2.29. The van der Waals surface area contributed by atoms with Crippen LogP contribution in [0.4, 0.5) is 0 Å². The van der Waals surface area contributed by atoms with Gasteiger partial charge in [0.1, 0.15) is 0 Å². The van der Waals surface area contributed by atoms with E-state index in [1.165, 1.54) is 51.7 Å². The molecule has 3 heterocycles. The van der Waals surface area contributed by atoms with E-state index in [1.807, 2.05) is 0 Å². The number of rotatable bonds is 5. The highest BCUT2D eigenvalue weighted by molar-refractivity contribution is 4.92. The quantitative estimate of drug-likeness (QED) is 0.833. The minimum Gasteiger partial charge on any atom is -0.381 e. The van der Waals surface area contributed by atoms with Crippen LogP contribution in [0.25, 0.3) is 0 Å². The maximum absolute atomic E-state index is 5.77. The first kappa shape index (κ1) is 15.7. The van der Waals surface area contributed by atoms with Crippen LogP contribution in [0.1, 0.15) is 39.0 Å². The van der Waals surface area contributed by atoms with E-state index in [1.54, 1.807) is 0 Å². The van der Waals surface area contributed by atoms with Gasteiger partial charge in [-0.25, -0.2) is 0 Å². The zero-order valence-electron chi connectivity index (χ0n) is 13.9. The standard InChI is InChI=1S/C17H33N3O/c1-3-8-18-17-7-10-21-13-14(17)11-20-9-6-15-4-5-16(12-20)19(15)2/h14-18H,3-13H2,1-2H3. The summed E-state index contributed by atoms with van der Waals surface area (Å²) in [5.41, 5.74) is 0. The molecule has 4 nitrogen and oxygen atoms in total. The number of fused-ring (bicyclic) bond motifs is 2. The third-order valence-electron chi connectivity index (χ3n) is 5.86. The monoisotopic (exact) mass is 295 g/mol. The number of nitrogens with zero attached hydrogens (tertiary/aromatic N) is 2. The zero-order chi connectivity index (χ0) is 14.7. The average molecular weight is 295 g/mol. The van der Waals surface area contributed by atoms with E-state index in [0.29, 0.717) is 12.0 Å². The number of likely N-dealkylation sites (tertiary alicyclic amines) is 1. The summed E-state index contributed by atoms with van der Waals surface area (Å²) in [7, 11) is 2.33. The van der Waals surface area contributed by atoms with E-state index in [4.69, 9.17) is 4.74 Å². The first-order valence-corrected chi connectivity index (χ1v) is 9.03. The Bertz CT molecular complexity index is 325. The maximum atomic E-state index is 5.77. The van der Waals surface area contributed by atoms with Crippen LogP contribution >= 0.6 is 0 Å². The van der Waals surface area contributed by atoms with Crippen LogP contribution in [0.5, 0.6) is 0 Å². The first-order valence-electron chi connectivity index (χ1n) is 9.03. The van der Waals surface area contributed by atoms with Crippen molar-refractivity contribution < 1.29 is 4.74 Å². The van der Waals surface area contributed by atoms with Gasteiger partial charge in [0.2, 0.25) is 0 Å². The minimum atomic E-state index is 0.664. The molecule has 122 valence electrons. The summed E-state index contributed by atoms with van der Waals surface area (Å²) in [4.78, 5) is 5.37. The third-order valence-corrected chi connectivity index (χ3v) is 5.86. The summed E-state index contributed by atoms with van der Waals surface area (Å²) in [5, 5.41) is 3.75. The number of nitrogens with one attached hydrogen (secondary N) is 1. The summed E-state index contributed by atoms with van der Waals surface area (Å²) in [6, 6.07) is 2.30. The van der Waals surface area contributed by atoms with E-state index in [0.717, 1.165) is 31.8 Å². The maximum Gasteiger partial charge on any atom is 0.0521 e. The zero-order valence-corrected chi connectivity index (χ0v) is 13.9. The van der Waals surface area contributed by atoms with Crippen LogP contribution < -0.4 is 5.32 Å². The van der Waals surface area contributed by atoms with E-state index < -0.39 is 0 Å². The first-order chi connectivity index (χ1) is 10.3. The molecule has 3 aliphatic heterocycles. The predicted octanol–water partition coefficient (Wildman–Crippen LogP) is 1.56. The molecule has 0 aliphatic carbocycles. The normalized spacial score (nSPS) is 38.6. The Hall–Kier alpha value is -0.160. The van der Waals surface area contributed by atoms with Gasteiger partial charge in [-0.15, -0.1) is 0 Å². The molecule has 0 amide bonds. The molecule has 4 atom stereocenters. The summed E-state index contributed by atoms with van der Waals surface area (Å²) < 4.78 is 5.77. The van der Waals surface area contributed by atoms with Crippen LogP contribution in [0.2, 0.25) is 0 Å². The van der Waals surface area contributed by atoms with Gasteiger partial charge < -0.3 is 15.0 Å². The Labute approximate surface area is 130 Å². The predicted molar refractivity (Wildman–Crippen MR) is 86.6 cm³/mol. The smallest absolute Gasteiger partial charge is 0.0521 e. The van der Waals surface area contributed by atoms with Gasteiger partial charge in [0, 0.05) is 43.7 Å². The molecule has 3 aliphatic rings. The Kier molecular flexibility index (Phi) is 5.54. The summed E-state index contributed by atoms with van der Waals surface area (Å²) in [6.45, 7) is 9.05. The fraction of sp³-hybridized carbons (Fsp3) is 1.00. The molecule has 0 aromatic rings. The van der Waals surface area contributed by atoms with Crippen molar-refractivity contribution in [3.05, 3.63) is 0 Å². The van der Waals surface area contributed by atoms with Gasteiger partial charge in [-0.3, -0.25) is 4.90 Å². The molecule has 0 radical (unpaired) electrons. The summed E-state index contributed by atoms with van der Waals surface area (Å²) in [6.07, 6.45) is 6.58. The van der Waals surface area contributed by atoms with Gasteiger partial charge in [0.15, 0.2) is 0 Å². The molecular weight excluding hydrogens is 262 g/mol. The molecule has 4 unspecified atom stereocenters. The molecular formula is C17H33N3O. The van der Waals surface area contributed by atoms with E-state index in [2.05, 4.69) is 29.1 Å². The lowest BCUT2D eigenvalue weighted by atomic mass is 9.94. The lowest BCUT2D eigenvalue weighted by Crippen LogP contribution is -2.49. The third kappa shape index (κ3) is 3.79. The van der Waals surface area contributed by atoms with Gasteiger partial charge in [0.25, 0.3) is 0 Å². The molecule has 4 heteroatoms. The molecule has 21 heavy (non-hydrogen) atoms. The molecule has 3 fully saturated rings. The van der Waals surface area contributed by atoms with Crippen LogP contribution in [0.3, 0.4) is 0 Å². The molecule has 0 saturated carbocycles.